The van der Waals surface area contributed by atoms with Gasteiger partial charge in [0.05, 0.1) is 24.8 Å². The van der Waals surface area contributed by atoms with Crippen molar-refractivity contribution in [2.75, 3.05) is 57.0 Å². The molecule has 0 saturated carbocycles. The van der Waals surface area contributed by atoms with Crippen molar-refractivity contribution >= 4 is 42.2 Å². The van der Waals surface area contributed by atoms with Gasteiger partial charge >= 0.3 is 7.60 Å². The highest BCUT2D eigenvalue weighted by atomic mass is 31.2. The van der Waals surface area contributed by atoms with Gasteiger partial charge in [-0.25, -0.2) is 0 Å². The largest absolute Gasteiger partial charge is 0.371 e. The first-order chi connectivity index (χ1) is 23.3. The zero-order chi connectivity index (χ0) is 34.4. The molecule has 0 spiro atoms. The standard InChI is InChI=1S/C39H57N4O4P.CH3/c1-6-41(7-2)25-12-15-32(5)40-39(44)24-29-42-26-13-16-35-31-33(20-22-37(35)42)19-21-34-23-28-43(38-18-11-10-17-36(34)38)27-14-30-48(45,46-8-3)47-9-4;/h10-11,17-23,28,31-32H,6-9,12-16,24-27,29-30H2,1-5H3;1H3/q;-1/p+1. The molecule has 8 nitrogen and oxygen atoms in total. The number of nitrogens with one attached hydrogen (secondary N) is 1. The summed E-state index contributed by atoms with van der Waals surface area (Å²) in [6.07, 6.45) is 12.4. The van der Waals surface area contributed by atoms with Crippen LogP contribution >= 0.6 is 7.60 Å². The summed E-state index contributed by atoms with van der Waals surface area (Å²) in [6, 6.07) is 17.5. The van der Waals surface area contributed by atoms with Crippen molar-refractivity contribution in [3.8, 4) is 0 Å². The zero-order valence-corrected chi connectivity index (χ0v) is 31.9. The maximum atomic E-state index is 12.9. The molecule has 1 aromatic heterocycles. The van der Waals surface area contributed by atoms with E-state index in [-0.39, 0.29) is 19.4 Å². The molecule has 1 atom stereocenters. The van der Waals surface area contributed by atoms with E-state index in [0.717, 1.165) is 76.0 Å². The smallest absolute Gasteiger partial charge is 0.330 e. The lowest BCUT2D eigenvalue weighted by Crippen LogP contribution is -2.37. The first-order valence-corrected chi connectivity index (χ1v) is 19.9. The van der Waals surface area contributed by atoms with E-state index < -0.39 is 7.60 Å². The molecule has 270 valence electrons. The third kappa shape index (κ3) is 12.1. The predicted molar refractivity (Wildman–Crippen MR) is 206 cm³/mol. The Balaban J connectivity index is 0.00000650. The quantitative estimate of drug-likeness (QED) is 0.0732. The number of nitrogens with zero attached hydrogens (tertiary/aromatic N) is 3. The summed E-state index contributed by atoms with van der Waals surface area (Å²) in [5, 5.41) is 4.40. The van der Waals surface area contributed by atoms with E-state index in [1.54, 1.807) is 0 Å². The molecule has 1 aliphatic rings. The van der Waals surface area contributed by atoms with Crippen LogP contribution in [-0.4, -0.2) is 68.9 Å². The number of carbonyl (C=O) groups is 1. The summed E-state index contributed by atoms with van der Waals surface area (Å²) in [6.45, 7) is 16.7. The fourth-order valence-corrected chi connectivity index (χ4v) is 8.33. The van der Waals surface area contributed by atoms with E-state index in [4.69, 9.17) is 9.05 Å². The normalized spacial score (nSPS) is 13.9. The third-order valence-corrected chi connectivity index (χ3v) is 11.4. The Morgan fingerprint density at radius 1 is 1.04 bits per heavy atom. The van der Waals surface area contributed by atoms with Gasteiger partial charge in [-0.15, -0.1) is 0 Å². The number of rotatable bonds is 20. The number of aromatic nitrogens is 1. The average Bonchev–Trinajstić information content (AvgIpc) is 3.08. The van der Waals surface area contributed by atoms with Crippen molar-refractivity contribution < 1.29 is 23.0 Å². The zero-order valence-electron chi connectivity index (χ0n) is 31.0. The molecule has 4 rings (SSSR count). The second-order valence-electron chi connectivity index (χ2n) is 12.7. The summed E-state index contributed by atoms with van der Waals surface area (Å²) in [7, 11) is -3.05. The number of fused-ring (bicyclic) bond motifs is 2. The number of anilines is 1. The van der Waals surface area contributed by atoms with E-state index in [0.29, 0.717) is 32.2 Å². The molecule has 2 aromatic carbocycles. The Bertz CT molecular complexity index is 1530. The van der Waals surface area contributed by atoms with Crippen LogP contribution in [0.2, 0.25) is 0 Å². The van der Waals surface area contributed by atoms with Crippen LogP contribution in [0.1, 0.15) is 83.4 Å². The van der Waals surface area contributed by atoms with E-state index in [1.807, 2.05) is 13.8 Å². The Labute approximate surface area is 296 Å². The summed E-state index contributed by atoms with van der Waals surface area (Å²) >= 11 is 0. The SMILES string of the molecule is CCOP(=O)(CCC[n+]1ccc(C=Cc2ccc3c(c2)CCCN3CCC(=O)NC(C)CCCN(CC)CC)c2ccccc21)OCC.[CH3-]. The second-order valence-corrected chi connectivity index (χ2v) is 14.9. The second kappa shape index (κ2) is 20.6. The molecule has 1 unspecified atom stereocenters. The number of hydrogen-bond acceptors (Lipinski definition) is 6. The fourth-order valence-electron chi connectivity index (χ4n) is 6.68. The van der Waals surface area contributed by atoms with Gasteiger partial charge in [0, 0.05) is 49.8 Å². The van der Waals surface area contributed by atoms with Crippen molar-refractivity contribution in [1.29, 1.82) is 0 Å². The molecule has 0 saturated heterocycles. The van der Waals surface area contributed by atoms with E-state index in [9.17, 15) is 9.36 Å². The van der Waals surface area contributed by atoms with Crippen LogP contribution in [0.4, 0.5) is 5.69 Å². The lowest BCUT2D eigenvalue weighted by atomic mass is 9.98. The fraction of sp³-hybridized carbons (Fsp3) is 0.525. The lowest BCUT2D eigenvalue weighted by molar-refractivity contribution is -0.671. The maximum Gasteiger partial charge on any atom is 0.330 e. The summed E-state index contributed by atoms with van der Waals surface area (Å²) in [5.41, 5.74) is 6.07. The summed E-state index contributed by atoms with van der Waals surface area (Å²) < 4.78 is 26.1. The molecular weight excluding hydrogens is 631 g/mol. The minimum absolute atomic E-state index is 0. The van der Waals surface area contributed by atoms with Crippen LogP contribution in [0.5, 0.6) is 0 Å². The van der Waals surface area contributed by atoms with Gasteiger partial charge in [-0.05, 0) is 101 Å². The maximum absolute atomic E-state index is 12.9. The highest BCUT2D eigenvalue weighted by molar-refractivity contribution is 7.53. The number of hydrogen-bond donors (Lipinski definition) is 1. The number of pyridine rings is 1. The van der Waals surface area contributed by atoms with Crippen molar-refractivity contribution in [1.82, 2.24) is 10.2 Å². The molecule has 9 heteroatoms. The minimum Gasteiger partial charge on any atom is -0.371 e. The molecule has 1 N–H and O–H groups in total. The van der Waals surface area contributed by atoms with E-state index >= 15 is 0 Å². The number of carbonyl (C=O) groups excluding carboxylic acids is 1. The van der Waals surface area contributed by atoms with Gasteiger partial charge in [0.1, 0.15) is 6.54 Å². The van der Waals surface area contributed by atoms with Gasteiger partial charge in [-0.1, -0.05) is 44.2 Å². The first-order valence-electron chi connectivity index (χ1n) is 18.2. The number of amides is 1. The molecule has 1 aliphatic heterocycles. The molecule has 2 heterocycles. The van der Waals surface area contributed by atoms with Gasteiger partial charge in [0.15, 0.2) is 6.20 Å². The Morgan fingerprint density at radius 2 is 1.80 bits per heavy atom. The van der Waals surface area contributed by atoms with E-state index in [2.05, 4.69) is 107 Å². The molecule has 0 fully saturated rings. The van der Waals surface area contributed by atoms with Crippen LogP contribution in [0, 0.1) is 7.43 Å². The van der Waals surface area contributed by atoms with Crippen LogP contribution in [-0.2, 0) is 31.4 Å². The Hall–Kier alpha value is -3.03. The van der Waals surface area contributed by atoms with Crippen molar-refractivity contribution in [2.45, 2.75) is 85.7 Å². The van der Waals surface area contributed by atoms with Crippen molar-refractivity contribution in [3.63, 3.8) is 0 Å². The van der Waals surface area contributed by atoms with Gasteiger partial charge in [0.25, 0.3) is 0 Å². The Kier molecular flexibility index (Phi) is 17.0. The molecule has 3 aromatic rings. The van der Waals surface area contributed by atoms with Crippen molar-refractivity contribution in [2.24, 2.45) is 0 Å². The number of aryl methyl sites for hydroxylation is 2. The average molecular weight is 693 g/mol. The van der Waals surface area contributed by atoms with Gasteiger partial charge < -0.3 is 31.6 Å². The highest BCUT2D eigenvalue weighted by Gasteiger charge is 2.24. The summed E-state index contributed by atoms with van der Waals surface area (Å²) in [5.74, 6) is 0.143. The van der Waals surface area contributed by atoms with Gasteiger partial charge in [-0.2, -0.15) is 4.57 Å². The summed E-state index contributed by atoms with van der Waals surface area (Å²) in [4.78, 5) is 17.6. The minimum atomic E-state index is -3.05. The van der Waals surface area contributed by atoms with Gasteiger partial charge in [-0.3, -0.25) is 9.36 Å². The third-order valence-electron chi connectivity index (χ3n) is 9.24. The monoisotopic (exact) mass is 692 g/mol. The van der Waals surface area contributed by atoms with Gasteiger partial charge in [0.2, 0.25) is 11.4 Å². The topological polar surface area (TPSA) is 75.0 Å². The van der Waals surface area contributed by atoms with E-state index in [1.165, 1.54) is 22.2 Å². The van der Waals surface area contributed by atoms with Crippen molar-refractivity contribution in [3.05, 3.63) is 78.8 Å². The molecule has 1 amide bonds. The molecule has 0 bridgehead atoms. The highest BCUT2D eigenvalue weighted by Crippen LogP contribution is 2.48. The van der Waals surface area contributed by atoms with Crippen LogP contribution < -0.4 is 14.8 Å². The lowest BCUT2D eigenvalue weighted by Gasteiger charge is -2.31. The molecular formula is C40H61N4O4P. The number of para-hydroxylation sites is 1. The Morgan fingerprint density at radius 3 is 2.53 bits per heavy atom. The predicted octanol–water partition coefficient (Wildman–Crippen LogP) is 8.17. The molecule has 49 heavy (non-hydrogen) atoms. The molecule has 0 radical (unpaired) electrons. The van der Waals surface area contributed by atoms with Crippen LogP contribution in [0.25, 0.3) is 23.1 Å². The van der Waals surface area contributed by atoms with Crippen LogP contribution in [0.15, 0.2) is 54.7 Å². The first kappa shape index (κ1) is 40.4. The molecule has 0 aliphatic carbocycles. The number of benzene rings is 2. The van der Waals surface area contributed by atoms with Crippen LogP contribution in [0.3, 0.4) is 0 Å².